The second-order valence-electron chi connectivity index (χ2n) is 6.70. The van der Waals surface area contributed by atoms with Crippen molar-refractivity contribution in [3.63, 3.8) is 0 Å². The molecule has 24 heavy (non-hydrogen) atoms. The van der Waals surface area contributed by atoms with E-state index in [1.165, 1.54) is 38.5 Å². The summed E-state index contributed by atoms with van der Waals surface area (Å²) in [7, 11) is 0. The molecule has 0 bridgehead atoms. The van der Waals surface area contributed by atoms with Crippen LogP contribution in [0.15, 0.2) is 0 Å². The van der Waals surface area contributed by atoms with Gasteiger partial charge in [-0.1, -0.05) is 52.4 Å². The first kappa shape index (κ1) is 24.5. The molecule has 0 aliphatic carbocycles. The molecule has 146 valence electrons. The van der Waals surface area contributed by atoms with Crippen molar-refractivity contribution < 1.29 is 9.47 Å². The van der Waals surface area contributed by atoms with E-state index in [1.807, 2.05) is 0 Å². The van der Waals surface area contributed by atoms with Crippen molar-refractivity contribution in [3.8, 4) is 0 Å². The van der Waals surface area contributed by atoms with Crippen LogP contribution in [0.1, 0.15) is 90.9 Å². The number of ether oxygens (including phenoxy) is 2. The zero-order chi connectivity index (χ0) is 17.9. The molecule has 0 heterocycles. The maximum atomic E-state index is 6.20. The third-order valence-corrected chi connectivity index (χ3v) is 5.06. The summed E-state index contributed by atoms with van der Waals surface area (Å²) in [4.78, 5) is 0. The predicted octanol–water partition coefficient (Wildman–Crippen LogP) is 6.96. The first-order chi connectivity index (χ1) is 11.7. The van der Waals surface area contributed by atoms with Gasteiger partial charge in [0.25, 0.3) is 0 Å². The largest absolute Gasteiger partial charge is 0.379 e. The van der Waals surface area contributed by atoms with Gasteiger partial charge in [0.15, 0.2) is 0 Å². The van der Waals surface area contributed by atoms with Gasteiger partial charge in [-0.15, -0.1) is 23.2 Å². The van der Waals surface area contributed by atoms with Gasteiger partial charge in [0.05, 0.1) is 13.2 Å². The minimum atomic E-state index is 0.367. The van der Waals surface area contributed by atoms with Gasteiger partial charge in [-0.3, -0.25) is 0 Å². The number of hydrogen-bond donors (Lipinski definition) is 0. The van der Waals surface area contributed by atoms with Gasteiger partial charge in [0.2, 0.25) is 0 Å². The van der Waals surface area contributed by atoms with Gasteiger partial charge in [-0.05, 0) is 38.5 Å². The van der Waals surface area contributed by atoms with Gasteiger partial charge in [-0.25, -0.2) is 0 Å². The lowest BCUT2D eigenvalue weighted by Gasteiger charge is -2.09. The Bertz CT molecular complexity index is 216. The van der Waals surface area contributed by atoms with E-state index in [0.717, 1.165) is 51.7 Å². The maximum Gasteiger partial charge on any atom is 0.0700 e. The number of halogens is 2. The molecule has 0 aromatic heterocycles. The van der Waals surface area contributed by atoms with Crippen LogP contribution < -0.4 is 0 Å². The zero-order valence-electron chi connectivity index (χ0n) is 16.0. The van der Waals surface area contributed by atoms with Gasteiger partial charge in [-0.2, -0.15) is 0 Å². The van der Waals surface area contributed by atoms with Crippen LogP contribution in [0.4, 0.5) is 0 Å². The van der Waals surface area contributed by atoms with E-state index in [1.54, 1.807) is 0 Å². The second-order valence-corrected chi connectivity index (χ2v) is 7.93. The molecule has 4 heteroatoms. The summed E-state index contributed by atoms with van der Waals surface area (Å²) in [5.41, 5.74) is 0. The fourth-order valence-corrected chi connectivity index (χ4v) is 3.48. The minimum absolute atomic E-state index is 0.367. The van der Waals surface area contributed by atoms with E-state index in [9.17, 15) is 0 Å². The van der Waals surface area contributed by atoms with Crippen molar-refractivity contribution in [1.82, 2.24) is 0 Å². The summed E-state index contributed by atoms with van der Waals surface area (Å²) in [6, 6.07) is 0. The molecule has 0 aliphatic rings. The van der Waals surface area contributed by atoms with Crippen LogP contribution in [-0.4, -0.2) is 37.2 Å². The summed E-state index contributed by atoms with van der Waals surface area (Å²) >= 11 is 12.4. The Morgan fingerprint density at radius 2 is 0.958 bits per heavy atom. The van der Waals surface area contributed by atoms with E-state index in [2.05, 4.69) is 13.8 Å². The molecule has 0 aliphatic heterocycles. The van der Waals surface area contributed by atoms with Crippen molar-refractivity contribution >= 4 is 23.2 Å². The van der Waals surface area contributed by atoms with Crippen LogP contribution in [0, 0.1) is 0 Å². The van der Waals surface area contributed by atoms with E-state index < -0.39 is 0 Å². The standard InChI is InChI=1S/C20H40Cl2O2/c1-3-11-19(21)13-7-5-9-15-23-17-18-24-16-10-6-8-14-20(22)12-4-2/h19-20H,3-18H2,1-2H3. The molecule has 0 aromatic carbocycles. The lowest BCUT2D eigenvalue weighted by molar-refractivity contribution is 0.0448. The highest BCUT2D eigenvalue weighted by Gasteiger charge is 2.03. The average molecular weight is 383 g/mol. The molecule has 2 atom stereocenters. The maximum absolute atomic E-state index is 6.20. The Kier molecular flexibility index (Phi) is 20.2. The predicted molar refractivity (Wildman–Crippen MR) is 108 cm³/mol. The fraction of sp³-hybridized carbons (Fsp3) is 1.00. The Labute approximate surface area is 161 Å². The van der Waals surface area contributed by atoms with Gasteiger partial charge < -0.3 is 9.47 Å². The molecule has 0 aromatic rings. The topological polar surface area (TPSA) is 18.5 Å². The van der Waals surface area contributed by atoms with Crippen LogP contribution in [0.3, 0.4) is 0 Å². The summed E-state index contributed by atoms with van der Waals surface area (Å²) < 4.78 is 11.2. The molecule has 2 nitrogen and oxygen atoms in total. The number of unbranched alkanes of at least 4 members (excludes halogenated alkanes) is 4. The monoisotopic (exact) mass is 382 g/mol. The Balaban J connectivity index is 3.07. The third kappa shape index (κ3) is 18.8. The van der Waals surface area contributed by atoms with Crippen molar-refractivity contribution in [1.29, 1.82) is 0 Å². The second kappa shape index (κ2) is 19.8. The highest BCUT2D eigenvalue weighted by molar-refractivity contribution is 6.20. The molecule has 0 amide bonds. The van der Waals surface area contributed by atoms with E-state index in [0.29, 0.717) is 24.0 Å². The average Bonchev–Trinajstić information content (AvgIpc) is 2.55. The van der Waals surface area contributed by atoms with E-state index in [4.69, 9.17) is 32.7 Å². The van der Waals surface area contributed by atoms with Gasteiger partial charge in [0, 0.05) is 24.0 Å². The summed E-state index contributed by atoms with van der Waals surface area (Å²) in [6.07, 6.45) is 14.1. The Morgan fingerprint density at radius 1 is 0.542 bits per heavy atom. The molecule has 0 N–H and O–H groups in total. The van der Waals surface area contributed by atoms with Crippen LogP contribution in [0.5, 0.6) is 0 Å². The first-order valence-corrected chi connectivity index (χ1v) is 11.0. The van der Waals surface area contributed by atoms with E-state index in [-0.39, 0.29) is 0 Å². The summed E-state index contributed by atoms with van der Waals surface area (Å²) in [5, 5.41) is 0.734. The lowest BCUT2D eigenvalue weighted by atomic mass is 10.1. The first-order valence-electron chi connectivity index (χ1n) is 10.1. The molecule has 0 radical (unpaired) electrons. The number of alkyl halides is 2. The van der Waals surface area contributed by atoms with Crippen molar-refractivity contribution in [2.45, 2.75) is 102 Å². The van der Waals surface area contributed by atoms with Crippen LogP contribution >= 0.6 is 23.2 Å². The molecule has 0 saturated carbocycles. The van der Waals surface area contributed by atoms with Crippen LogP contribution in [0.25, 0.3) is 0 Å². The molecule has 2 unspecified atom stereocenters. The Hall–Kier alpha value is 0.500. The highest BCUT2D eigenvalue weighted by atomic mass is 35.5. The van der Waals surface area contributed by atoms with Crippen LogP contribution in [-0.2, 0) is 9.47 Å². The van der Waals surface area contributed by atoms with Crippen molar-refractivity contribution in [2.24, 2.45) is 0 Å². The third-order valence-electron chi connectivity index (χ3n) is 4.19. The normalized spacial score (nSPS) is 14.0. The SMILES string of the molecule is CCCC(Cl)CCCCCOCCOCCCCCC(Cl)CCC. The zero-order valence-corrected chi connectivity index (χ0v) is 17.6. The molecule has 0 saturated heterocycles. The van der Waals surface area contributed by atoms with Gasteiger partial charge in [0.1, 0.15) is 0 Å². The smallest absolute Gasteiger partial charge is 0.0700 e. The quantitative estimate of drug-likeness (QED) is 0.177. The molecular formula is C20H40Cl2O2. The summed E-state index contributed by atoms with van der Waals surface area (Å²) in [5.74, 6) is 0. The molecule has 0 fully saturated rings. The lowest BCUT2D eigenvalue weighted by Crippen LogP contribution is -2.06. The molecule has 0 rings (SSSR count). The summed E-state index contributed by atoms with van der Waals surface area (Å²) in [6.45, 7) is 7.50. The fourth-order valence-electron chi connectivity index (χ4n) is 2.73. The van der Waals surface area contributed by atoms with E-state index >= 15 is 0 Å². The van der Waals surface area contributed by atoms with Crippen LogP contribution in [0.2, 0.25) is 0 Å². The Morgan fingerprint density at radius 3 is 1.33 bits per heavy atom. The molecular weight excluding hydrogens is 343 g/mol. The number of rotatable bonds is 19. The van der Waals surface area contributed by atoms with Crippen molar-refractivity contribution in [3.05, 3.63) is 0 Å². The number of hydrogen-bond acceptors (Lipinski definition) is 2. The highest BCUT2D eigenvalue weighted by Crippen LogP contribution is 2.14. The van der Waals surface area contributed by atoms with Crippen molar-refractivity contribution in [2.75, 3.05) is 26.4 Å². The van der Waals surface area contributed by atoms with Gasteiger partial charge >= 0.3 is 0 Å². The molecule has 0 spiro atoms. The minimum Gasteiger partial charge on any atom is -0.379 e.